The van der Waals surface area contributed by atoms with E-state index in [0.29, 0.717) is 104 Å². The molecule has 0 spiro atoms. The molecule has 0 aromatic heterocycles. The van der Waals surface area contributed by atoms with Crippen molar-refractivity contribution in [3.05, 3.63) is 71.5 Å². The quantitative estimate of drug-likeness (QED) is 0.0658. The van der Waals surface area contributed by atoms with Crippen molar-refractivity contribution in [3.8, 4) is 0 Å². The summed E-state index contributed by atoms with van der Waals surface area (Å²) in [5, 5.41) is 8.78. The molecular formula is C50H67N6O16S3+. The summed E-state index contributed by atoms with van der Waals surface area (Å²) in [6.45, 7) is 6.22. The fourth-order valence-electron chi connectivity index (χ4n) is 10.1. The summed E-state index contributed by atoms with van der Waals surface area (Å²) in [6, 6.07) is 7.42. The Bertz CT molecular complexity index is 2990. The van der Waals surface area contributed by atoms with Gasteiger partial charge >= 0.3 is 5.97 Å². The number of benzene rings is 2. The Morgan fingerprint density at radius 3 is 2.08 bits per heavy atom. The molecule has 0 aliphatic carbocycles. The summed E-state index contributed by atoms with van der Waals surface area (Å²) in [6.07, 6.45) is 10.1. The average Bonchev–Trinajstić information content (AvgIpc) is 3.84. The van der Waals surface area contributed by atoms with E-state index in [1.54, 1.807) is 12.1 Å². The Morgan fingerprint density at radius 1 is 0.773 bits per heavy atom. The Balaban J connectivity index is 1.25. The van der Waals surface area contributed by atoms with Crippen molar-refractivity contribution >= 4 is 82.9 Å². The highest BCUT2D eigenvalue weighted by molar-refractivity contribution is 7.86. The first-order chi connectivity index (χ1) is 35.2. The van der Waals surface area contributed by atoms with Gasteiger partial charge in [-0.2, -0.15) is 29.8 Å². The molecule has 0 radical (unpaired) electrons. The number of fused-ring (bicyclic) bond motifs is 5. The maximum absolute atomic E-state index is 13.5. The average molecular weight is 1100 g/mol. The van der Waals surface area contributed by atoms with Crippen molar-refractivity contribution in [3.63, 3.8) is 0 Å². The topological polar surface area (TPSA) is 320 Å². The second-order valence-electron chi connectivity index (χ2n) is 19.9. The van der Waals surface area contributed by atoms with Crippen LogP contribution in [0, 0.1) is 0 Å². The van der Waals surface area contributed by atoms with Crippen molar-refractivity contribution < 1.29 is 77.1 Å². The molecule has 2 aromatic carbocycles. The molecule has 22 nitrogen and oxygen atoms in total. The molecule has 0 saturated carbocycles. The highest BCUT2D eigenvalue weighted by Crippen LogP contribution is 2.52. The number of hydrogen-bond donors (Lipinski definition) is 6. The van der Waals surface area contributed by atoms with Crippen LogP contribution < -0.4 is 20.9 Å². The van der Waals surface area contributed by atoms with E-state index < -0.39 is 82.6 Å². The third kappa shape index (κ3) is 15.0. The lowest BCUT2D eigenvalue weighted by Crippen LogP contribution is -2.52. The van der Waals surface area contributed by atoms with Gasteiger partial charge in [0.15, 0.2) is 5.71 Å². The van der Waals surface area contributed by atoms with Gasteiger partial charge in [-0.25, -0.2) is 4.79 Å². The second-order valence-corrected chi connectivity index (χ2v) is 24.4. The number of carbonyl (C=O) groups excluding carboxylic acids is 6. The summed E-state index contributed by atoms with van der Waals surface area (Å²) in [5.41, 5.74) is 2.02. The molecule has 0 bridgehead atoms. The molecule has 4 heterocycles. The molecule has 5 amide bonds. The Kier molecular flexibility index (Phi) is 19.0. The van der Waals surface area contributed by atoms with Crippen LogP contribution in [-0.2, 0) is 74.8 Å². The lowest BCUT2D eigenvalue weighted by atomic mass is 9.77. The molecule has 2 aromatic rings. The minimum Gasteiger partial charge on any atom is -0.354 e. The van der Waals surface area contributed by atoms with Gasteiger partial charge in [-0.05, 0) is 108 Å². The number of hydroxylamine groups is 2. The van der Waals surface area contributed by atoms with Gasteiger partial charge in [-0.3, -0.25) is 37.6 Å². The molecule has 2 unspecified atom stereocenters. The van der Waals surface area contributed by atoms with E-state index in [2.05, 4.69) is 16.0 Å². The standard InChI is InChI=1S/C50H66N6O16S3/c1-49(2)36-31-34(74(66,67)68)20-22-39(36)54-28-12-6-8-17-43(57)52-33-38(48(62)51-27-11-5-9-19-47(61)72-56-45(59)24-25-46(56)60)53-44(58)18-7-4-10-26-50(3)37-32-35(75(69,70)71)21-23-40(37)55(29-14-30-73(63,64)65)42(50)16-13-15-41(49)54/h13,15-16,20-23,31-32,38H,4-12,14,17-19,24-30,33H2,1-3H3,(H5-,51,52,53,57,58,62,63,64,65,66,67,68,69,70,71)/p+1. The highest BCUT2D eigenvalue weighted by atomic mass is 32.2. The summed E-state index contributed by atoms with van der Waals surface area (Å²) >= 11 is 0. The number of nitrogens with one attached hydrogen (secondary N) is 3. The fraction of sp³-hybridized carbons (Fsp3) is 0.540. The van der Waals surface area contributed by atoms with Crippen LogP contribution in [0.4, 0.5) is 11.4 Å². The first-order valence-electron chi connectivity index (χ1n) is 25.1. The van der Waals surface area contributed by atoms with Gasteiger partial charge in [0.2, 0.25) is 23.4 Å². The van der Waals surface area contributed by atoms with E-state index in [-0.39, 0.29) is 73.9 Å². The zero-order valence-electron chi connectivity index (χ0n) is 42.3. The molecule has 410 valence electrons. The Labute approximate surface area is 437 Å². The first kappa shape index (κ1) is 58.4. The monoisotopic (exact) mass is 1100 g/mol. The zero-order chi connectivity index (χ0) is 54.9. The van der Waals surface area contributed by atoms with Crippen LogP contribution in [0.15, 0.2) is 70.1 Å². The van der Waals surface area contributed by atoms with E-state index in [1.807, 2.05) is 42.4 Å². The predicted molar refractivity (Wildman–Crippen MR) is 273 cm³/mol. The van der Waals surface area contributed by atoms with Crippen LogP contribution in [-0.4, -0.2) is 128 Å². The number of unbranched alkanes of at least 4 members (excludes halogenated alkanes) is 2. The SMILES string of the molecule is CC1(C)C2=[N+](CCCCCC(=O)NCC(C(=O)NCCCCCC(=O)ON3C(=O)CCC3=O)NC(=O)CCCCCC3(C)/C(=C/C=C2)N(CCCS(=O)(=O)O)c2ccc(S(=O)(=O)O)cc23)c2ccc(S(=O)(=O)O)cc21. The third-order valence-electron chi connectivity index (χ3n) is 14.0. The number of anilines is 1. The van der Waals surface area contributed by atoms with Gasteiger partial charge in [-0.15, -0.1) is 5.06 Å². The van der Waals surface area contributed by atoms with Crippen molar-refractivity contribution in [1.82, 2.24) is 21.0 Å². The van der Waals surface area contributed by atoms with Gasteiger partial charge in [0.05, 0.1) is 21.0 Å². The van der Waals surface area contributed by atoms with Crippen molar-refractivity contribution in [2.75, 3.05) is 36.8 Å². The minimum atomic E-state index is -4.67. The van der Waals surface area contributed by atoms with Crippen LogP contribution >= 0.6 is 0 Å². The molecular weight excluding hydrogens is 1040 g/mol. The van der Waals surface area contributed by atoms with Gasteiger partial charge < -0.3 is 25.7 Å². The summed E-state index contributed by atoms with van der Waals surface area (Å²) in [5.74, 6) is -3.78. The zero-order valence-corrected chi connectivity index (χ0v) is 44.8. The number of hydrogen-bond acceptors (Lipinski definition) is 14. The van der Waals surface area contributed by atoms with Gasteiger partial charge in [0, 0.05) is 92.7 Å². The maximum Gasteiger partial charge on any atom is 0.333 e. The lowest BCUT2D eigenvalue weighted by Gasteiger charge is -2.30. The number of imide groups is 1. The van der Waals surface area contributed by atoms with E-state index >= 15 is 0 Å². The molecule has 4 aliphatic rings. The Hall–Kier alpha value is -5.86. The van der Waals surface area contributed by atoms with Crippen molar-refractivity contribution in [2.24, 2.45) is 0 Å². The molecule has 75 heavy (non-hydrogen) atoms. The molecule has 4 aliphatic heterocycles. The summed E-state index contributed by atoms with van der Waals surface area (Å²) in [4.78, 5) is 81.9. The first-order valence-corrected chi connectivity index (χ1v) is 29.6. The number of amides is 5. The van der Waals surface area contributed by atoms with Crippen LogP contribution in [0.3, 0.4) is 0 Å². The summed E-state index contributed by atoms with van der Waals surface area (Å²) < 4.78 is 105. The molecule has 25 heteroatoms. The predicted octanol–water partition coefficient (Wildman–Crippen LogP) is 4.46. The molecule has 1 fully saturated rings. The van der Waals surface area contributed by atoms with Crippen molar-refractivity contribution in [2.45, 2.75) is 150 Å². The number of allylic oxidation sites excluding steroid dienone is 4. The number of carbonyl (C=O) groups is 6. The van der Waals surface area contributed by atoms with E-state index in [4.69, 9.17) is 4.84 Å². The molecule has 6 rings (SSSR count). The largest absolute Gasteiger partial charge is 0.354 e. The minimum absolute atomic E-state index is 0.00879. The van der Waals surface area contributed by atoms with Crippen LogP contribution in [0.2, 0.25) is 0 Å². The maximum atomic E-state index is 13.5. The molecule has 2 atom stereocenters. The second kappa shape index (κ2) is 24.4. The van der Waals surface area contributed by atoms with Gasteiger partial charge in [0.25, 0.3) is 42.2 Å². The van der Waals surface area contributed by atoms with E-state index in [1.165, 1.54) is 30.3 Å². The molecule has 1 saturated heterocycles. The molecule has 6 N–H and O–H groups in total. The highest BCUT2D eigenvalue weighted by Gasteiger charge is 2.46. The van der Waals surface area contributed by atoms with Gasteiger partial charge in [-0.1, -0.05) is 25.3 Å². The van der Waals surface area contributed by atoms with Gasteiger partial charge in [0.1, 0.15) is 12.6 Å². The third-order valence-corrected chi connectivity index (χ3v) is 16.5. The fourth-order valence-corrected chi connectivity index (χ4v) is 11.6. The van der Waals surface area contributed by atoms with Crippen molar-refractivity contribution in [1.29, 1.82) is 0 Å². The smallest absolute Gasteiger partial charge is 0.333 e. The number of nitrogens with zero attached hydrogens (tertiary/aromatic N) is 3. The van der Waals surface area contributed by atoms with E-state index in [9.17, 15) is 67.7 Å². The Morgan fingerprint density at radius 2 is 1.41 bits per heavy atom. The van der Waals surface area contributed by atoms with Crippen LogP contribution in [0.1, 0.15) is 135 Å². The number of rotatable bonds is 14. The van der Waals surface area contributed by atoms with Crippen LogP contribution in [0.25, 0.3) is 0 Å². The summed E-state index contributed by atoms with van der Waals surface area (Å²) in [7, 11) is -13.6. The lowest BCUT2D eigenvalue weighted by molar-refractivity contribution is -0.438. The van der Waals surface area contributed by atoms with Crippen LogP contribution in [0.5, 0.6) is 0 Å². The normalized spacial score (nSPS) is 22.1. The van der Waals surface area contributed by atoms with E-state index in [0.717, 1.165) is 5.71 Å².